The van der Waals surface area contributed by atoms with Gasteiger partial charge in [0.05, 0.1) is 27.0 Å². The van der Waals surface area contributed by atoms with E-state index in [4.69, 9.17) is 14.2 Å². The number of fused-ring (bicyclic) bond motifs is 1. The highest BCUT2D eigenvalue weighted by Gasteiger charge is 2.12. The number of benzene rings is 1. The zero-order valence-corrected chi connectivity index (χ0v) is 14.6. The van der Waals surface area contributed by atoms with Crippen molar-refractivity contribution in [2.24, 2.45) is 0 Å². The van der Waals surface area contributed by atoms with E-state index < -0.39 is 6.09 Å². The molecule has 1 aromatic carbocycles. The van der Waals surface area contributed by atoms with E-state index in [1.807, 2.05) is 6.07 Å². The molecule has 0 bridgehead atoms. The first-order chi connectivity index (χ1) is 12.6. The van der Waals surface area contributed by atoms with Crippen molar-refractivity contribution in [2.75, 3.05) is 26.6 Å². The standard InChI is InChI=1S/C17H18N4O5/c1-23-12-4-5-14(24-2)11(8-12)10-26-15-9-13(19-17(22)25-3)16-18-6-7-21(16)20-15/h4-9H,10H2,1-3H3,(H,19,22). The minimum atomic E-state index is -0.610. The van der Waals surface area contributed by atoms with Crippen LogP contribution in [0.4, 0.5) is 10.5 Å². The first-order valence-electron chi connectivity index (χ1n) is 7.67. The molecule has 0 atom stereocenters. The Labute approximate surface area is 149 Å². The lowest BCUT2D eigenvalue weighted by Gasteiger charge is -2.12. The van der Waals surface area contributed by atoms with Crippen LogP contribution in [0.25, 0.3) is 5.65 Å². The number of anilines is 1. The lowest BCUT2D eigenvalue weighted by molar-refractivity contribution is 0.187. The van der Waals surface area contributed by atoms with Crippen molar-refractivity contribution >= 4 is 17.4 Å². The van der Waals surface area contributed by atoms with Gasteiger partial charge in [-0.2, -0.15) is 0 Å². The highest BCUT2D eigenvalue weighted by atomic mass is 16.5. The van der Waals surface area contributed by atoms with Gasteiger partial charge in [0, 0.05) is 24.0 Å². The largest absolute Gasteiger partial charge is 0.497 e. The molecule has 3 rings (SSSR count). The summed E-state index contributed by atoms with van der Waals surface area (Å²) >= 11 is 0. The zero-order chi connectivity index (χ0) is 18.5. The van der Waals surface area contributed by atoms with Crippen LogP contribution in [0, 0.1) is 0 Å². The number of carbonyl (C=O) groups excluding carboxylic acids is 1. The van der Waals surface area contributed by atoms with Crippen LogP contribution in [0.1, 0.15) is 5.56 Å². The van der Waals surface area contributed by atoms with Gasteiger partial charge in [-0.05, 0) is 18.2 Å². The van der Waals surface area contributed by atoms with E-state index in [0.29, 0.717) is 28.7 Å². The highest BCUT2D eigenvalue weighted by molar-refractivity contribution is 5.89. The number of nitrogens with one attached hydrogen (secondary N) is 1. The monoisotopic (exact) mass is 358 g/mol. The van der Waals surface area contributed by atoms with Crippen molar-refractivity contribution in [3.8, 4) is 17.4 Å². The van der Waals surface area contributed by atoms with Crippen LogP contribution in [-0.4, -0.2) is 42.0 Å². The zero-order valence-electron chi connectivity index (χ0n) is 14.6. The molecule has 136 valence electrons. The second kappa shape index (κ2) is 7.60. The van der Waals surface area contributed by atoms with Gasteiger partial charge < -0.3 is 18.9 Å². The normalized spacial score (nSPS) is 10.4. The topological polar surface area (TPSA) is 96.2 Å². The molecule has 1 N–H and O–H groups in total. The molecule has 0 radical (unpaired) electrons. The summed E-state index contributed by atoms with van der Waals surface area (Å²) in [5, 5.41) is 6.90. The predicted molar refractivity (Wildman–Crippen MR) is 92.9 cm³/mol. The highest BCUT2D eigenvalue weighted by Crippen LogP contribution is 2.26. The van der Waals surface area contributed by atoms with Crippen LogP contribution in [0.2, 0.25) is 0 Å². The molecule has 0 aliphatic heterocycles. The van der Waals surface area contributed by atoms with E-state index in [9.17, 15) is 4.79 Å². The van der Waals surface area contributed by atoms with Crippen molar-refractivity contribution in [1.29, 1.82) is 0 Å². The Hall–Kier alpha value is -3.49. The van der Waals surface area contributed by atoms with Crippen LogP contribution in [0.15, 0.2) is 36.7 Å². The minimum Gasteiger partial charge on any atom is -0.497 e. The molecule has 2 heterocycles. The first-order valence-corrected chi connectivity index (χ1v) is 7.67. The number of carbonyl (C=O) groups is 1. The molecule has 0 saturated heterocycles. The third-order valence-electron chi connectivity index (χ3n) is 3.62. The van der Waals surface area contributed by atoms with Crippen molar-refractivity contribution < 1.29 is 23.7 Å². The Morgan fingerprint density at radius 1 is 1.19 bits per heavy atom. The quantitative estimate of drug-likeness (QED) is 0.723. The fraction of sp³-hybridized carbons (Fsp3) is 0.235. The van der Waals surface area contributed by atoms with Gasteiger partial charge in [-0.15, -0.1) is 5.10 Å². The second-order valence-corrected chi connectivity index (χ2v) is 5.17. The number of methoxy groups -OCH3 is 3. The van der Waals surface area contributed by atoms with E-state index in [-0.39, 0.29) is 6.61 Å². The Morgan fingerprint density at radius 2 is 2.04 bits per heavy atom. The van der Waals surface area contributed by atoms with Crippen molar-refractivity contribution in [2.45, 2.75) is 6.61 Å². The molecule has 9 heteroatoms. The van der Waals surface area contributed by atoms with Gasteiger partial charge >= 0.3 is 6.09 Å². The number of hydrogen-bond acceptors (Lipinski definition) is 7. The fourth-order valence-corrected chi connectivity index (χ4v) is 2.36. The summed E-state index contributed by atoms with van der Waals surface area (Å²) in [4.78, 5) is 15.7. The summed E-state index contributed by atoms with van der Waals surface area (Å²) in [6.07, 6.45) is 2.61. The Bertz CT molecular complexity index is 925. The lowest BCUT2D eigenvalue weighted by atomic mass is 10.2. The second-order valence-electron chi connectivity index (χ2n) is 5.17. The van der Waals surface area contributed by atoms with Gasteiger partial charge in [-0.1, -0.05) is 0 Å². The van der Waals surface area contributed by atoms with E-state index in [1.54, 1.807) is 44.8 Å². The lowest BCUT2D eigenvalue weighted by Crippen LogP contribution is -2.13. The van der Waals surface area contributed by atoms with E-state index >= 15 is 0 Å². The summed E-state index contributed by atoms with van der Waals surface area (Å²) < 4.78 is 22.5. The van der Waals surface area contributed by atoms with Crippen molar-refractivity contribution in [3.05, 3.63) is 42.2 Å². The van der Waals surface area contributed by atoms with Crippen molar-refractivity contribution in [1.82, 2.24) is 14.6 Å². The van der Waals surface area contributed by atoms with Crippen LogP contribution < -0.4 is 19.5 Å². The summed E-state index contributed by atoms with van der Waals surface area (Å²) in [7, 11) is 4.46. The molecular formula is C17H18N4O5. The summed E-state index contributed by atoms with van der Waals surface area (Å²) in [5.41, 5.74) is 1.69. The molecule has 0 saturated carbocycles. The molecule has 1 amide bonds. The van der Waals surface area contributed by atoms with Crippen LogP contribution in [-0.2, 0) is 11.3 Å². The molecule has 9 nitrogen and oxygen atoms in total. The third kappa shape index (κ3) is 3.61. The molecule has 0 spiro atoms. The average molecular weight is 358 g/mol. The maximum absolute atomic E-state index is 11.5. The van der Waals surface area contributed by atoms with Gasteiger partial charge in [0.15, 0.2) is 5.65 Å². The fourth-order valence-electron chi connectivity index (χ4n) is 2.36. The summed E-state index contributed by atoms with van der Waals surface area (Å²) in [6, 6.07) is 7.00. The predicted octanol–water partition coefficient (Wildman–Crippen LogP) is 2.50. The number of aromatic nitrogens is 3. The van der Waals surface area contributed by atoms with Crippen molar-refractivity contribution in [3.63, 3.8) is 0 Å². The molecular weight excluding hydrogens is 340 g/mol. The SMILES string of the molecule is COC(=O)Nc1cc(OCc2cc(OC)ccc2OC)nn2ccnc12. The smallest absolute Gasteiger partial charge is 0.411 e. The Kier molecular flexibility index (Phi) is 5.07. The number of imidazole rings is 1. The summed E-state index contributed by atoms with van der Waals surface area (Å²) in [6.45, 7) is 0.200. The van der Waals surface area contributed by atoms with Gasteiger partial charge in [0.25, 0.3) is 0 Å². The van der Waals surface area contributed by atoms with Crippen LogP contribution in [0.5, 0.6) is 17.4 Å². The molecule has 0 unspecified atom stereocenters. The Morgan fingerprint density at radius 3 is 2.77 bits per heavy atom. The number of nitrogens with zero attached hydrogens (tertiary/aromatic N) is 3. The number of ether oxygens (including phenoxy) is 4. The minimum absolute atomic E-state index is 0.200. The molecule has 0 aliphatic rings. The van der Waals surface area contributed by atoms with Gasteiger partial charge in [-0.25, -0.2) is 14.3 Å². The average Bonchev–Trinajstić information content (AvgIpc) is 3.14. The number of amides is 1. The van der Waals surface area contributed by atoms with Gasteiger partial charge in [-0.3, -0.25) is 5.32 Å². The van der Waals surface area contributed by atoms with E-state index in [1.165, 1.54) is 11.6 Å². The molecule has 2 aromatic heterocycles. The maximum Gasteiger partial charge on any atom is 0.411 e. The molecule has 0 fully saturated rings. The molecule has 26 heavy (non-hydrogen) atoms. The molecule has 3 aromatic rings. The van der Waals surface area contributed by atoms with Gasteiger partial charge in [0.2, 0.25) is 5.88 Å². The third-order valence-corrected chi connectivity index (χ3v) is 3.62. The summed E-state index contributed by atoms with van der Waals surface area (Å²) in [5.74, 6) is 1.66. The van der Waals surface area contributed by atoms with E-state index in [0.717, 1.165) is 5.56 Å². The maximum atomic E-state index is 11.5. The molecule has 0 aliphatic carbocycles. The van der Waals surface area contributed by atoms with Gasteiger partial charge in [0.1, 0.15) is 18.1 Å². The number of hydrogen-bond donors (Lipinski definition) is 1. The first kappa shape index (κ1) is 17.3. The van der Waals surface area contributed by atoms with Crippen LogP contribution >= 0.6 is 0 Å². The van der Waals surface area contributed by atoms with Crippen LogP contribution in [0.3, 0.4) is 0 Å². The number of rotatable bonds is 6. The van der Waals surface area contributed by atoms with E-state index in [2.05, 4.69) is 20.1 Å². The Balaban J connectivity index is 1.86.